The number of hydrogen-bond acceptors (Lipinski definition) is 2. The van der Waals surface area contributed by atoms with Crippen LogP contribution in [0.15, 0.2) is 46.9 Å². The van der Waals surface area contributed by atoms with Crippen molar-refractivity contribution in [2.45, 2.75) is 0 Å². The molecule has 1 aliphatic rings. The second-order valence-electron chi connectivity index (χ2n) is 5.35. The van der Waals surface area contributed by atoms with Crippen molar-refractivity contribution in [1.29, 1.82) is 0 Å². The second-order valence-corrected chi connectivity index (χ2v) is 7.05. The molecule has 0 atom stereocenters. The third-order valence-corrected chi connectivity index (χ3v) is 5.17. The third-order valence-electron chi connectivity index (χ3n) is 3.92. The van der Waals surface area contributed by atoms with Crippen molar-refractivity contribution in [1.82, 2.24) is 4.90 Å². The van der Waals surface area contributed by atoms with E-state index in [4.69, 9.17) is 23.2 Å². The first-order valence-electron chi connectivity index (χ1n) is 7.30. The number of benzene rings is 2. The number of piperazine rings is 1. The van der Waals surface area contributed by atoms with E-state index in [1.165, 1.54) is 0 Å². The van der Waals surface area contributed by atoms with E-state index in [-0.39, 0.29) is 5.91 Å². The van der Waals surface area contributed by atoms with E-state index in [0.29, 0.717) is 28.7 Å². The number of halogens is 3. The Kier molecular flexibility index (Phi) is 5.14. The molecule has 0 radical (unpaired) electrons. The first-order chi connectivity index (χ1) is 11.1. The van der Waals surface area contributed by atoms with E-state index in [1.54, 1.807) is 12.1 Å². The number of carbonyl (C=O) groups is 1. The van der Waals surface area contributed by atoms with Gasteiger partial charge in [-0.2, -0.15) is 0 Å². The van der Waals surface area contributed by atoms with Crippen molar-refractivity contribution in [3.63, 3.8) is 0 Å². The molecule has 0 saturated carbocycles. The normalized spacial score (nSPS) is 14.9. The van der Waals surface area contributed by atoms with Crippen molar-refractivity contribution in [3.8, 4) is 0 Å². The van der Waals surface area contributed by atoms with Gasteiger partial charge in [0.1, 0.15) is 0 Å². The van der Waals surface area contributed by atoms with Crippen LogP contribution in [0.25, 0.3) is 0 Å². The van der Waals surface area contributed by atoms with Crippen LogP contribution in [0.3, 0.4) is 0 Å². The lowest BCUT2D eigenvalue weighted by atomic mass is 10.1. The molecule has 1 heterocycles. The van der Waals surface area contributed by atoms with E-state index >= 15 is 0 Å². The lowest BCUT2D eigenvalue weighted by molar-refractivity contribution is 0.0746. The average Bonchev–Trinajstić information content (AvgIpc) is 2.57. The Balaban J connectivity index is 1.70. The fourth-order valence-corrected chi connectivity index (χ4v) is 3.54. The molecule has 0 N–H and O–H groups in total. The van der Waals surface area contributed by atoms with Crippen LogP contribution in [0, 0.1) is 0 Å². The van der Waals surface area contributed by atoms with Crippen LogP contribution in [-0.2, 0) is 0 Å². The summed E-state index contributed by atoms with van der Waals surface area (Å²) in [6.07, 6.45) is 0. The number of rotatable bonds is 2. The van der Waals surface area contributed by atoms with Crippen LogP contribution in [0.1, 0.15) is 10.4 Å². The van der Waals surface area contributed by atoms with Crippen LogP contribution in [0.4, 0.5) is 5.69 Å². The van der Waals surface area contributed by atoms with Gasteiger partial charge >= 0.3 is 0 Å². The Hall–Kier alpha value is -1.23. The molecule has 2 aromatic rings. The predicted molar refractivity (Wildman–Crippen MR) is 98.7 cm³/mol. The van der Waals surface area contributed by atoms with Crippen molar-refractivity contribution < 1.29 is 4.79 Å². The molecule has 1 saturated heterocycles. The quantitative estimate of drug-likeness (QED) is 0.711. The van der Waals surface area contributed by atoms with Gasteiger partial charge in [0.25, 0.3) is 5.91 Å². The molecular formula is C17H15BrCl2N2O. The lowest BCUT2D eigenvalue weighted by Crippen LogP contribution is -2.49. The van der Waals surface area contributed by atoms with Gasteiger partial charge in [-0.3, -0.25) is 4.79 Å². The zero-order valence-corrected chi connectivity index (χ0v) is 15.4. The zero-order chi connectivity index (χ0) is 16.4. The highest BCUT2D eigenvalue weighted by Crippen LogP contribution is 2.30. The topological polar surface area (TPSA) is 23.6 Å². The summed E-state index contributed by atoms with van der Waals surface area (Å²) in [6, 6.07) is 13.0. The van der Waals surface area contributed by atoms with E-state index in [0.717, 1.165) is 23.2 Å². The highest BCUT2D eigenvalue weighted by Gasteiger charge is 2.24. The number of hydrogen-bond donors (Lipinski definition) is 0. The molecule has 0 unspecified atom stereocenters. The number of nitrogens with zero attached hydrogens (tertiary/aromatic N) is 2. The largest absolute Gasteiger partial charge is 0.367 e. The summed E-state index contributed by atoms with van der Waals surface area (Å²) in [5.74, 6) is 0.0503. The SMILES string of the molecule is O=C(c1ccccc1Br)N1CCN(c2cc(Cl)ccc2Cl)CC1. The van der Waals surface area contributed by atoms with Crippen LogP contribution in [-0.4, -0.2) is 37.0 Å². The molecule has 3 nitrogen and oxygen atoms in total. The molecule has 0 aromatic heterocycles. The highest BCUT2D eigenvalue weighted by molar-refractivity contribution is 9.10. The average molecular weight is 414 g/mol. The first-order valence-corrected chi connectivity index (χ1v) is 8.85. The van der Waals surface area contributed by atoms with Gasteiger partial charge in [-0.15, -0.1) is 0 Å². The fourth-order valence-electron chi connectivity index (χ4n) is 2.68. The van der Waals surface area contributed by atoms with Crippen molar-refractivity contribution in [2.24, 2.45) is 0 Å². The van der Waals surface area contributed by atoms with Crippen LogP contribution in [0.5, 0.6) is 0 Å². The van der Waals surface area contributed by atoms with Gasteiger partial charge in [0, 0.05) is 35.7 Å². The fraction of sp³-hybridized carbons (Fsp3) is 0.235. The van der Waals surface area contributed by atoms with Crippen molar-refractivity contribution in [2.75, 3.05) is 31.1 Å². The highest BCUT2D eigenvalue weighted by atomic mass is 79.9. The summed E-state index contributed by atoms with van der Waals surface area (Å²) < 4.78 is 0.824. The maximum absolute atomic E-state index is 12.6. The molecule has 2 aromatic carbocycles. The van der Waals surface area contributed by atoms with E-state index in [9.17, 15) is 4.79 Å². The van der Waals surface area contributed by atoms with Gasteiger partial charge in [-0.25, -0.2) is 0 Å². The minimum Gasteiger partial charge on any atom is -0.367 e. The van der Waals surface area contributed by atoms with E-state index in [1.807, 2.05) is 35.2 Å². The molecule has 1 fully saturated rings. The Morgan fingerprint density at radius 2 is 1.70 bits per heavy atom. The monoisotopic (exact) mass is 412 g/mol. The Bertz CT molecular complexity index is 730. The van der Waals surface area contributed by atoms with Crippen LogP contribution in [0.2, 0.25) is 10.0 Å². The molecular weight excluding hydrogens is 399 g/mol. The summed E-state index contributed by atoms with van der Waals surface area (Å²) >= 11 is 15.8. The van der Waals surface area contributed by atoms with Crippen molar-refractivity contribution in [3.05, 3.63) is 62.5 Å². The number of carbonyl (C=O) groups excluding carboxylic acids is 1. The van der Waals surface area contributed by atoms with Crippen LogP contribution < -0.4 is 4.90 Å². The summed E-state index contributed by atoms with van der Waals surface area (Å²) in [4.78, 5) is 16.6. The van der Waals surface area contributed by atoms with E-state index < -0.39 is 0 Å². The summed E-state index contributed by atoms with van der Waals surface area (Å²) in [5.41, 5.74) is 1.62. The van der Waals surface area contributed by atoms with Crippen LogP contribution >= 0.6 is 39.1 Å². The number of amides is 1. The van der Waals surface area contributed by atoms with Gasteiger partial charge in [0.05, 0.1) is 16.3 Å². The minimum absolute atomic E-state index is 0.0503. The summed E-state index contributed by atoms with van der Waals surface area (Å²) in [6.45, 7) is 2.78. The Morgan fingerprint density at radius 3 is 2.39 bits per heavy atom. The molecule has 1 amide bonds. The standard InChI is InChI=1S/C17H15BrCl2N2O/c18-14-4-2-1-3-13(14)17(23)22-9-7-21(8-10-22)16-11-12(19)5-6-15(16)20/h1-6,11H,7-10H2. The Labute approximate surface area is 153 Å². The van der Waals surface area contributed by atoms with Crippen molar-refractivity contribution >= 4 is 50.7 Å². The van der Waals surface area contributed by atoms with Gasteiger partial charge in [0.15, 0.2) is 0 Å². The maximum Gasteiger partial charge on any atom is 0.255 e. The van der Waals surface area contributed by atoms with E-state index in [2.05, 4.69) is 20.8 Å². The molecule has 0 aliphatic carbocycles. The molecule has 0 spiro atoms. The molecule has 3 rings (SSSR count). The molecule has 120 valence electrons. The predicted octanol–water partition coefficient (Wildman–Crippen LogP) is 4.72. The second kappa shape index (κ2) is 7.12. The lowest BCUT2D eigenvalue weighted by Gasteiger charge is -2.36. The maximum atomic E-state index is 12.6. The first kappa shape index (κ1) is 16.6. The third kappa shape index (κ3) is 3.65. The van der Waals surface area contributed by atoms with Gasteiger partial charge < -0.3 is 9.80 Å². The Morgan fingerprint density at radius 1 is 1.00 bits per heavy atom. The smallest absolute Gasteiger partial charge is 0.255 e. The van der Waals surface area contributed by atoms with Gasteiger partial charge in [-0.1, -0.05) is 35.3 Å². The zero-order valence-electron chi connectivity index (χ0n) is 12.3. The van der Waals surface area contributed by atoms with Gasteiger partial charge in [0.2, 0.25) is 0 Å². The summed E-state index contributed by atoms with van der Waals surface area (Å²) in [7, 11) is 0. The summed E-state index contributed by atoms with van der Waals surface area (Å²) in [5, 5.41) is 1.34. The number of anilines is 1. The minimum atomic E-state index is 0.0503. The molecule has 1 aliphatic heterocycles. The van der Waals surface area contributed by atoms with Gasteiger partial charge in [-0.05, 0) is 46.3 Å². The molecule has 23 heavy (non-hydrogen) atoms. The molecule has 6 heteroatoms. The molecule has 0 bridgehead atoms.